The minimum Gasteiger partial charge on any atom is -0.324 e. The summed E-state index contributed by atoms with van der Waals surface area (Å²) in [4.78, 5) is 13.2. The molecule has 0 saturated carbocycles. The smallest absolute Gasteiger partial charge is 0.264 e. The Labute approximate surface area is 205 Å². The number of nitrogens with one attached hydrogen (secondary N) is 1. The summed E-state index contributed by atoms with van der Waals surface area (Å²) < 4.78 is 28.2. The van der Waals surface area contributed by atoms with Crippen molar-refractivity contribution < 1.29 is 13.2 Å². The molecule has 3 aromatic rings. The molecule has 8 heteroatoms. The highest BCUT2D eigenvalue weighted by Gasteiger charge is 2.29. The number of amides is 1. The van der Waals surface area contributed by atoms with Gasteiger partial charge in [0.15, 0.2) is 0 Å². The fraction of sp³-hybridized carbons (Fsp3) is 0.240. The van der Waals surface area contributed by atoms with E-state index in [-0.39, 0.29) is 20.6 Å². The summed E-state index contributed by atoms with van der Waals surface area (Å²) in [6.07, 6.45) is 1.46. The number of sulfonamides is 1. The molecule has 0 fully saturated rings. The van der Waals surface area contributed by atoms with E-state index in [1.54, 1.807) is 24.3 Å². The van der Waals surface area contributed by atoms with Crippen molar-refractivity contribution >= 4 is 50.5 Å². The molecule has 5 nitrogen and oxygen atoms in total. The van der Waals surface area contributed by atoms with Crippen LogP contribution >= 0.6 is 23.2 Å². The highest BCUT2D eigenvalue weighted by atomic mass is 35.5. The van der Waals surface area contributed by atoms with Gasteiger partial charge < -0.3 is 5.32 Å². The van der Waals surface area contributed by atoms with Crippen LogP contribution in [0.4, 0.5) is 11.4 Å². The van der Waals surface area contributed by atoms with Gasteiger partial charge in [0.1, 0.15) is 6.54 Å². The maximum absolute atomic E-state index is 13.6. The molecule has 0 spiro atoms. The van der Waals surface area contributed by atoms with Gasteiger partial charge in [-0.2, -0.15) is 0 Å². The van der Waals surface area contributed by atoms with E-state index < -0.39 is 22.5 Å². The first-order valence-electron chi connectivity index (χ1n) is 10.6. The lowest BCUT2D eigenvalue weighted by Gasteiger charge is -2.26. The number of para-hydroxylation sites is 1. The van der Waals surface area contributed by atoms with Crippen molar-refractivity contribution in [3.63, 3.8) is 0 Å². The van der Waals surface area contributed by atoms with E-state index >= 15 is 0 Å². The van der Waals surface area contributed by atoms with Crippen molar-refractivity contribution in [1.82, 2.24) is 0 Å². The van der Waals surface area contributed by atoms with Crippen molar-refractivity contribution in [2.45, 2.75) is 38.5 Å². The number of rotatable bonds is 8. The molecule has 0 aliphatic carbocycles. The normalized spacial score (nSPS) is 11.3. The van der Waals surface area contributed by atoms with Gasteiger partial charge in [0, 0.05) is 5.69 Å². The Hall–Kier alpha value is -2.54. The van der Waals surface area contributed by atoms with Crippen LogP contribution in [0, 0.1) is 6.92 Å². The Kier molecular flexibility index (Phi) is 8.05. The summed E-state index contributed by atoms with van der Waals surface area (Å²) in [5.41, 5.74) is 3.74. The van der Waals surface area contributed by atoms with Crippen LogP contribution in [0.25, 0.3) is 0 Å². The second kappa shape index (κ2) is 10.6. The molecule has 0 unspecified atom stereocenters. The molecule has 33 heavy (non-hydrogen) atoms. The Balaban J connectivity index is 2.04. The quantitative estimate of drug-likeness (QED) is 0.393. The van der Waals surface area contributed by atoms with Crippen molar-refractivity contribution in [2.75, 3.05) is 16.2 Å². The van der Waals surface area contributed by atoms with Crippen LogP contribution in [0.1, 0.15) is 30.5 Å². The SMILES string of the molecule is CCc1cccc(CC)c1NC(=O)CN(c1cccc(Cl)c1Cl)S(=O)(=O)c1ccc(C)cc1. The van der Waals surface area contributed by atoms with E-state index in [1.165, 1.54) is 18.2 Å². The third kappa shape index (κ3) is 5.52. The molecular weight excluding hydrogens is 479 g/mol. The number of nitrogens with zero attached hydrogens (tertiary/aromatic N) is 1. The van der Waals surface area contributed by atoms with Crippen molar-refractivity contribution in [1.29, 1.82) is 0 Å². The van der Waals surface area contributed by atoms with Gasteiger partial charge >= 0.3 is 0 Å². The molecule has 0 heterocycles. The monoisotopic (exact) mass is 504 g/mol. The minimum absolute atomic E-state index is 0.0557. The van der Waals surface area contributed by atoms with Crippen LogP contribution < -0.4 is 9.62 Å². The van der Waals surface area contributed by atoms with Crippen molar-refractivity contribution in [2.24, 2.45) is 0 Å². The van der Waals surface area contributed by atoms with E-state index in [0.29, 0.717) is 0 Å². The standard InChI is InChI=1S/C25H26Cl2N2O3S/c1-4-18-8-6-9-19(5-2)25(18)28-23(30)16-29(22-11-7-10-21(26)24(22)27)33(31,32)20-14-12-17(3)13-15-20/h6-15H,4-5,16H2,1-3H3,(H,28,30). The molecule has 0 bridgehead atoms. The van der Waals surface area contributed by atoms with E-state index in [4.69, 9.17) is 23.2 Å². The maximum atomic E-state index is 13.6. The van der Waals surface area contributed by atoms with Crippen LogP contribution in [0.5, 0.6) is 0 Å². The number of benzene rings is 3. The molecule has 0 aromatic heterocycles. The highest BCUT2D eigenvalue weighted by molar-refractivity contribution is 7.92. The Morgan fingerprint density at radius 1 is 0.909 bits per heavy atom. The summed E-state index contributed by atoms with van der Waals surface area (Å²) in [5.74, 6) is -0.475. The molecular formula is C25H26Cl2N2O3S. The molecule has 0 aliphatic heterocycles. The van der Waals surface area contributed by atoms with Gasteiger partial charge in [0.25, 0.3) is 10.0 Å². The molecule has 1 N–H and O–H groups in total. The lowest BCUT2D eigenvalue weighted by atomic mass is 10.0. The summed E-state index contributed by atoms with van der Waals surface area (Å²) in [5, 5.41) is 3.19. The summed E-state index contributed by atoms with van der Waals surface area (Å²) in [6, 6.07) is 17.0. The zero-order chi connectivity index (χ0) is 24.2. The molecule has 1 amide bonds. The van der Waals surface area contributed by atoms with E-state index in [9.17, 15) is 13.2 Å². The number of halogens is 2. The first-order chi connectivity index (χ1) is 15.7. The van der Waals surface area contributed by atoms with Gasteiger partial charge in [-0.3, -0.25) is 9.10 Å². The fourth-order valence-electron chi connectivity index (χ4n) is 3.53. The lowest BCUT2D eigenvalue weighted by Crippen LogP contribution is -2.38. The average Bonchev–Trinajstić information content (AvgIpc) is 2.80. The summed E-state index contributed by atoms with van der Waals surface area (Å²) in [7, 11) is -4.10. The number of hydrogen-bond acceptors (Lipinski definition) is 3. The number of anilines is 2. The second-order valence-corrected chi connectivity index (χ2v) is 10.3. The Bertz CT molecular complexity index is 1240. The fourth-order valence-corrected chi connectivity index (χ4v) is 5.42. The molecule has 0 atom stereocenters. The predicted molar refractivity (Wildman–Crippen MR) is 136 cm³/mol. The number of carbonyl (C=O) groups is 1. The molecule has 3 rings (SSSR count). The molecule has 0 saturated heterocycles. The predicted octanol–water partition coefficient (Wildman–Crippen LogP) is 6.26. The zero-order valence-corrected chi connectivity index (χ0v) is 21.1. The van der Waals surface area contributed by atoms with Gasteiger partial charge in [-0.05, 0) is 55.2 Å². The van der Waals surface area contributed by atoms with Crippen molar-refractivity contribution in [3.8, 4) is 0 Å². The molecule has 174 valence electrons. The van der Waals surface area contributed by atoms with Gasteiger partial charge in [-0.15, -0.1) is 0 Å². The van der Waals surface area contributed by atoms with Crippen LogP contribution in [0.2, 0.25) is 10.0 Å². The van der Waals surface area contributed by atoms with Crippen molar-refractivity contribution in [3.05, 3.63) is 87.4 Å². The van der Waals surface area contributed by atoms with E-state index in [2.05, 4.69) is 5.32 Å². The van der Waals surface area contributed by atoms with Gasteiger partial charge in [-0.25, -0.2) is 8.42 Å². The van der Waals surface area contributed by atoms with Gasteiger partial charge in [-0.1, -0.05) is 79.0 Å². The Morgan fingerprint density at radius 3 is 2.06 bits per heavy atom. The maximum Gasteiger partial charge on any atom is 0.264 e. The van der Waals surface area contributed by atoms with Crippen LogP contribution in [0.3, 0.4) is 0 Å². The van der Waals surface area contributed by atoms with Gasteiger partial charge in [0.2, 0.25) is 5.91 Å². The zero-order valence-electron chi connectivity index (χ0n) is 18.7. The minimum atomic E-state index is -4.10. The van der Waals surface area contributed by atoms with Crippen LogP contribution in [0.15, 0.2) is 65.6 Å². The van der Waals surface area contributed by atoms with Crippen LogP contribution in [-0.2, 0) is 27.7 Å². The molecule has 0 aliphatic rings. The largest absolute Gasteiger partial charge is 0.324 e. The molecule has 3 aromatic carbocycles. The third-order valence-electron chi connectivity index (χ3n) is 5.36. The third-order valence-corrected chi connectivity index (χ3v) is 7.94. The number of carbonyl (C=O) groups excluding carboxylic acids is 1. The Morgan fingerprint density at radius 2 is 1.48 bits per heavy atom. The van der Waals surface area contributed by atoms with E-state index in [1.807, 2.05) is 39.0 Å². The molecule has 0 radical (unpaired) electrons. The topological polar surface area (TPSA) is 66.5 Å². The second-order valence-electron chi connectivity index (χ2n) is 7.60. The van der Waals surface area contributed by atoms with E-state index in [0.717, 1.165) is 39.5 Å². The number of aryl methyl sites for hydroxylation is 3. The van der Waals surface area contributed by atoms with Gasteiger partial charge in [0.05, 0.1) is 20.6 Å². The summed E-state index contributed by atoms with van der Waals surface area (Å²) in [6.45, 7) is 5.41. The first kappa shape index (κ1) is 25.1. The lowest BCUT2D eigenvalue weighted by molar-refractivity contribution is -0.114. The number of hydrogen-bond donors (Lipinski definition) is 1. The first-order valence-corrected chi connectivity index (χ1v) is 12.8. The highest BCUT2D eigenvalue weighted by Crippen LogP contribution is 2.35. The summed E-state index contributed by atoms with van der Waals surface area (Å²) >= 11 is 12.5. The average molecular weight is 505 g/mol. The van der Waals surface area contributed by atoms with Crippen LogP contribution in [-0.4, -0.2) is 20.9 Å².